The number of unbranched alkanes of at least 4 members (excludes halogenated alkanes) is 1. The lowest BCUT2D eigenvalue weighted by Crippen LogP contribution is -2.42. The minimum atomic E-state index is -3.03. The zero-order valence-corrected chi connectivity index (χ0v) is 16.9. The van der Waals surface area contributed by atoms with Gasteiger partial charge in [0.1, 0.15) is 0 Å². The van der Waals surface area contributed by atoms with E-state index < -0.39 is 9.84 Å². The number of thiophene rings is 1. The smallest absolute Gasteiger partial charge is 0.277 e. The molecular weight excluding hydrogens is 394 g/mol. The number of hydrogen-bond acceptors (Lipinski definition) is 8. The van der Waals surface area contributed by atoms with Crippen LogP contribution in [0.5, 0.6) is 0 Å². The standard InChI is InChI=1S/C16H21N3O4S3/c1-2-3-7-19(12-6-9-26(21,22)11-12)14(20)10-25-16-18-17-15(23-16)13-5-4-8-24-13/h4-5,8,12H,2-3,6-7,9-11H2,1H3. The first kappa shape index (κ1) is 19.4. The van der Waals surface area contributed by atoms with E-state index in [2.05, 4.69) is 10.2 Å². The Hall–Kier alpha value is -1.39. The fraction of sp³-hybridized carbons (Fsp3) is 0.562. The molecular formula is C16H21N3O4S3. The van der Waals surface area contributed by atoms with Crippen LogP contribution in [-0.4, -0.2) is 59.3 Å². The highest BCUT2D eigenvalue weighted by molar-refractivity contribution is 7.99. The zero-order valence-electron chi connectivity index (χ0n) is 14.5. The van der Waals surface area contributed by atoms with Gasteiger partial charge in [0.2, 0.25) is 5.91 Å². The van der Waals surface area contributed by atoms with Crippen molar-refractivity contribution in [3.8, 4) is 10.8 Å². The Morgan fingerprint density at radius 3 is 2.96 bits per heavy atom. The molecule has 0 bridgehead atoms. The van der Waals surface area contributed by atoms with Crippen LogP contribution in [0, 0.1) is 0 Å². The third kappa shape index (κ3) is 4.86. The fourth-order valence-corrected chi connectivity index (χ4v) is 5.86. The minimum Gasteiger partial charge on any atom is -0.410 e. The van der Waals surface area contributed by atoms with Gasteiger partial charge in [-0.05, 0) is 24.3 Å². The Morgan fingerprint density at radius 2 is 2.31 bits per heavy atom. The third-order valence-corrected chi connectivity index (χ3v) is 7.59. The first-order chi connectivity index (χ1) is 12.5. The largest absolute Gasteiger partial charge is 0.410 e. The van der Waals surface area contributed by atoms with Gasteiger partial charge in [0.15, 0.2) is 9.84 Å². The van der Waals surface area contributed by atoms with Crippen molar-refractivity contribution in [2.75, 3.05) is 23.8 Å². The molecule has 3 rings (SSSR count). The summed E-state index contributed by atoms with van der Waals surface area (Å²) in [5.74, 6) is 0.748. The number of carbonyl (C=O) groups excluding carboxylic acids is 1. The maximum Gasteiger partial charge on any atom is 0.277 e. The zero-order chi connectivity index (χ0) is 18.6. The summed E-state index contributed by atoms with van der Waals surface area (Å²) >= 11 is 2.70. The molecule has 1 atom stereocenters. The highest BCUT2D eigenvalue weighted by Gasteiger charge is 2.34. The van der Waals surface area contributed by atoms with Gasteiger partial charge in [0, 0.05) is 12.6 Å². The number of rotatable bonds is 8. The Bertz CT molecular complexity index is 833. The summed E-state index contributed by atoms with van der Waals surface area (Å²) in [5, 5.41) is 10.2. The summed E-state index contributed by atoms with van der Waals surface area (Å²) in [6.07, 6.45) is 2.33. The second-order valence-corrected chi connectivity index (χ2v) is 10.2. The van der Waals surface area contributed by atoms with E-state index in [4.69, 9.17) is 4.42 Å². The van der Waals surface area contributed by atoms with Gasteiger partial charge < -0.3 is 9.32 Å². The van der Waals surface area contributed by atoms with E-state index in [0.717, 1.165) is 17.7 Å². The Labute approximate surface area is 161 Å². The Balaban J connectivity index is 1.60. The minimum absolute atomic E-state index is 0.0657. The van der Waals surface area contributed by atoms with Crippen molar-refractivity contribution in [2.45, 2.75) is 37.5 Å². The molecule has 1 aliphatic rings. The maximum atomic E-state index is 12.7. The van der Waals surface area contributed by atoms with Crippen LogP contribution >= 0.6 is 23.1 Å². The van der Waals surface area contributed by atoms with E-state index in [9.17, 15) is 13.2 Å². The van der Waals surface area contributed by atoms with Gasteiger partial charge in [-0.25, -0.2) is 8.42 Å². The van der Waals surface area contributed by atoms with E-state index >= 15 is 0 Å². The first-order valence-corrected chi connectivity index (χ1v) is 12.2. The Morgan fingerprint density at radius 1 is 1.46 bits per heavy atom. The fourth-order valence-electron chi connectivity index (χ4n) is 2.83. The monoisotopic (exact) mass is 415 g/mol. The third-order valence-electron chi connectivity index (χ3n) is 4.18. The van der Waals surface area contributed by atoms with Crippen molar-refractivity contribution in [3.05, 3.63) is 17.5 Å². The van der Waals surface area contributed by atoms with Crippen LogP contribution in [0.15, 0.2) is 27.2 Å². The molecule has 0 spiro atoms. The van der Waals surface area contributed by atoms with Gasteiger partial charge in [0.05, 0.1) is 22.1 Å². The van der Waals surface area contributed by atoms with Crippen molar-refractivity contribution >= 4 is 38.8 Å². The van der Waals surface area contributed by atoms with E-state index in [1.165, 1.54) is 23.1 Å². The van der Waals surface area contributed by atoms with Gasteiger partial charge in [-0.2, -0.15) is 0 Å². The summed E-state index contributed by atoms with van der Waals surface area (Å²) in [6, 6.07) is 3.58. The van der Waals surface area contributed by atoms with Crippen LogP contribution in [0.1, 0.15) is 26.2 Å². The summed E-state index contributed by atoms with van der Waals surface area (Å²) in [7, 11) is -3.03. The van der Waals surface area contributed by atoms with Crippen LogP contribution in [0.25, 0.3) is 10.8 Å². The van der Waals surface area contributed by atoms with Crippen LogP contribution in [0.2, 0.25) is 0 Å². The average Bonchev–Trinajstić information content (AvgIpc) is 3.33. The van der Waals surface area contributed by atoms with Gasteiger partial charge in [-0.15, -0.1) is 21.5 Å². The van der Waals surface area contributed by atoms with Gasteiger partial charge in [0.25, 0.3) is 11.1 Å². The number of hydrogen-bond donors (Lipinski definition) is 0. The lowest BCUT2D eigenvalue weighted by Gasteiger charge is -2.28. The van der Waals surface area contributed by atoms with Crippen LogP contribution in [-0.2, 0) is 14.6 Å². The molecule has 0 radical (unpaired) electrons. The van der Waals surface area contributed by atoms with Crippen molar-refractivity contribution < 1.29 is 17.6 Å². The van der Waals surface area contributed by atoms with Crippen LogP contribution < -0.4 is 0 Å². The number of thioether (sulfide) groups is 1. The molecule has 1 fully saturated rings. The molecule has 0 N–H and O–H groups in total. The molecule has 1 saturated heterocycles. The van der Waals surface area contributed by atoms with Crippen molar-refractivity contribution in [3.63, 3.8) is 0 Å². The van der Waals surface area contributed by atoms with Crippen molar-refractivity contribution in [1.82, 2.24) is 15.1 Å². The molecule has 0 aromatic carbocycles. The molecule has 26 heavy (non-hydrogen) atoms. The molecule has 0 saturated carbocycles. The predicted octanol–water partition coefficient (Wildman–Crippen LogP) is 2.71. The second-order valence-electron chi connectivity index (χ2n) is 6.14. The molecule has 142 valence electrons. The number of nitrogens with zero attached hydrogens (tertiary/aromatic N) is 3. The number of amides is 1. The second kappa shape index (κ2) is 8.53. The molecule has 2 aromatic heterocycles. The predicted molar refractivity (Wildman–Crippen MR) is 102 cm³/mol. The molecule has 2 aromatic rings. The number of sulfone groups is 1. The molecule has 3 heterocycles. The van der Waals surface area contributed by atoms with Crippen LogP contribution in [0.3, 0.4) is 0 Å². The van der Waals surface area contributed by atoms with E-state index in [-0.39, 0.29) is 29.2 Å². The normalized spacial score (nSPS) is 18.9. The molecule has 1 unspecified atom stereocenters. The quantitative estimate of drug-likeness (QED) is 0.612. The summed E-state index contributed by atoms with van der Waals surface area (Å²) in [6.45, 7) is 2.63. The number of aromatic nitrogens is 2. The van der Waals surface area contributed by atoms with Crippen molar-refractivity contribution in [1.29, 1.82) is 0 Å². The first-order valence-electron chi connectivity index (χ1n) is 8.48. The molecule has 10 heteroatoms. The topological polar surface area (TPSA) is 93.4 Å². The SMILES string of the molecule is CCCCN(C(=O)CSc1nnc(-c2cccs2)o1)C1CCS(=O)(=O)C1. The molecule has 1 aliphatic heterocycles. The van der Waals surface area contributed by atoms with Gasteiger partial charge in [-0.3, -0.25) is 4.79 Å². The van der Waals surface area contributed by atoms with E-state index in [0.29, 0.717) is 24.1 Å². The van der Waals surface area contributed by atoms with Crippen LogP contribution in [0.4, 0.5) is 0 Å². The summed E-state index contributed by atoms with van der Waals surface area (Å²) < 4.78 is 29.1. The van der Waals surface area contributed by atoms with E-state index in [1.54, 1.807) is 4.90 Å². The summed E-state index contributed by atoms with van der Waals surface area (Å²) in [5.41, 5.74) is 0. The highest BCUT2D eigenvalue weighted by atomic mass is 32.2. The highest BCUT2D eigenvalue weighted by Crippen LogP contribution is 2.27. The molecule has 0 aliphatic carbocycles. The van der Waals surface area contributed by atoms with Crippen molar-refractivity contribution in [2.24, 2.45) is 0 Å². The van der Waals surface area contributed by atoms with E-state index in [1.807, 2.05) is 24.4 Å². The maximum absolute atomic E-state index is 12.7. The molecule has 7 nitrogen and oxygen atoms in total. The summed E-state index contributed by atoms with van der Waals surface area (Å²) in [4.78, 5) is 15.3. The van der Waals surface area contributed by atoms with Gasteiger partial charge >= 0.3 is 0 Å². The Kier molecular flexibility index (Phi) is 6.36. The lowest BCUT2D eigenvalue weighted by atomic mass is 10.2. The van der Waals surface area contributed by atoms with Gasteiger partial charge in [-0.1, -0.05) is 31.2 Å². The molecule has 1 amide bonds. The lowest BCUT2D eigenvalue weighted by molar-refractivity contribution is -0.130. The average molecular weight is 416 g/mol. The number of carbonyl (C=O) groups is 1.